The van der Waals surface area contributed by atoms with Crippen molar-refractivity contribution in [1.29, 1.82) is 0 Å². The first-order valence-corrected chi connectivity index (χ1v) is 18.6. The third-order valence-corrected chi connectivity index (χ3v) is 9.51. The molecule has 0 saturated carbocycles. The highest BCUT2D eigenvalue weighted by molar-refractivity contribution is 7.82. The maximum absolute atomic E-state index is 13.1. The topological polar surface area (TPSA) is 149 Å². The van der Waals surface area contributed by atoms with E-state index in [-0.39, 0.29) is 23.7 Å². The lowest BCUT2D eigenvalue weighted by atomic mass is 9.94. The van der Waals surface area contributed by atoms with Crippen LogP contribution in [0.1, 0.15) is 93.7 Å². The van der Waals surface area contributed by atoms with Crippen LogP contribution in [-0.2, 0) is 26.2 Å². The minimum absolute atomic E-state index is 0.00335. The number of aromatic nitrogens is 4. The quantitative estimate of drug-likeness (QED) is 0.0653. The van der Waals surface area contributed by atoms with Crippen LogP contribution in [0, 0.1) is 19.8 Å². The molecule has 0 aliphatic carbocycles. The number of unbranched alkanes of at least 4 members (excludes halogenated alkanes) is 5. The molecule has 50 heavy (non-hydrogen) atoms. The number of carbonyl (C=O) groups is 2. The van der Waals surface area contributed by atoms with Gasteiger partial charge in [0.25, 0.3) is 5.91 Å². The molecule has 2 unspecified atom stereocenters. The fourth-order valence-corrected chi connectivity index (χ4v) is 5.93. The summed E-state index contributed by atoms with van der Waals surface area (Å²) in [6, 6.07) is 10.0. The van der Waals surface area contributed by atoms with E-state index >= 15 is 0 Å². The SMILES string of the molecule is CCCCCCCCOc1ccc(C)cc1OS(=O)Nc1ccc(Cl)c(C(=O)NCC(C)C(=O)OCC(C)(C)c2nc3c(Cl)c(C)[nH]n3n2)c1. The Morgan fingerprint density at radius 1 is 1.04 bits per heavy atom. The number of hydrogen-bond acceptors (Lipinski definition) is 8. The van der Waals surface area contributed by atoms with Gasteiger partial charge in [-0.25, -0.2) is 4.98 Å². The Morgan fingerprint density at radius 3 is 2.52 bits per heavy atom. The Hall–Kier alpha value is -3.81. The van der Waals surface area contributed by atoms with Gasteiger partial charge in [-0.15, -0.1) is 5.10 Å². The zero-order valence-corrected chi connectivity index (χ0v) is 31.7. The van der Waals surface area contributed by atoms with Gasteiger partial charge in [-0.3, -0.25) is 19.4 Å². The van der Waals surface area contributed by atoms with Crippen molar-refractivity contribution in [2.45, 2.75) is 85.5 Å². The number of fused-ring (bicyclic) bond motifs is 1. The van der Waals surface area contributed by atoms with E-state index < -0.39 is 34.5 Å². The van der Waals surface area contributed by atoms with Crippen LogP contribution in [-0.4, -0.2) is 55.7 Å². The fourth-order valence-electron chi connectivity index (χ4n) is 4.90. The van der Waals surface area contributed by atoms with Crippen molar-refractivity contribution < 1.29 is 27.5 Å². The summed E-state index contributed by atoms with van der Waals surface area (Å²) in [6.45, 7) is 11.8. The molecule has 4 aromatic rings. The Morgan fingerprint density at radius 2 is 1.78 bits per heavy atom. The smallest absolute Gasteiger partial charge is 0.316 e. The van der Waals surface area contributed by atoms with Gasteiger partial charge in [0.15, 0.2) is 23.0 Å². The van der Waals surface area contributed by atoms with Crippen LogP contribution >= 0.6 is 23.2 Å². The van der Waals surface area contributed by atoms with Crippen LogP contribution in [0.2, 0.25) is 10.0 Å². The van der Waals surface area contributed by atoms with Crippen molar-refractivity contribution in [3.63, 3.8) is 0 Å². The molecule has 2 aromatic heterocycles. The lowest BCUT2D eigenvalue weighted by Crippen LogP contribution is -2.35. The molecule has 1 amide bonds. The lowest BCUT2D eigenvalue weighted by molar-refractivity contribution is -0.149. The first-order chi connectivity index (χ1) is 23.8. The number of rotatable bonds is 19. The van der Waals surface area contributed by atoms with Gasteiger partial charge in [-0.2, -0.15) is 8.84 Å². The number of anilines is 1. The molecule has 2 aromatic carbocycles. The van der Waals surface area contributed by atoms with Crippen molar-refractivity contribution in [3.05, 3.63) is 69.1 Å². The summed E-state index contributed by atoms with van der Waals surface area (Å²) in [4.78, 5) is 30.4. The average molecular weight is 750 g/mol. The fraction of sp³-hybridized carbons (Fsp3) is 0.486. The molecule has 0 fully saturated rings. The third-order valence-electron chi connectivity index (χ3n) is 7.99. The largest absolute Gasteiger partial charge is 0.490 e. The summed E-state index contributed by atoms with van der Waals surface area (Å²) >= 11 is 10.6. The molecule has 272 valence electrons. The van der Waals surface area contributed by atoms with Gasteiger partial charge < -0.3 is 19.0 Å². The number of amides is 1. The second-order valence-electron chi connectivity index (χ2n) is 13.0. The van der Waals surface area contributed by atoms with Crippen molar-refractivity contribution in [2.75, 3.05) is 24.5 Å². The van der Waals surface area contributed by atoms with Gasteiger partial charge in [-0.1, -0.05) is 75.2 Å². The number of aromatic amines is 1. The molecule has 2 heterocycles. The predicted octanol–water partition coefficient (Wildman–Crippen LogP) is 7.68. The van der Waals surface area contributed by atoms with E-state index in [0.29, 0.717) is 40.3 Å². The number of nitrogens with zero attached hydrogens (tertiary/aromatic N) is 3. The normalized spacial score (nSPS) is 12.8. The molecular formula is C35H46Cl2N6O6S. The summed E-state index contributed by atoms with van der Waals surface area (Å²) in [7, 11) is 0. The maximum atomic E-state index is 13.1. The summed E-state index contributed by atoms with van der Waals surface area (Å²) in [6.07, 6.45) is 6.85. The molecule has 15 heteroatoms. The molecule has 0 bridgehead atoms. The van der Waals surface area contributed by atoms with E-state index in [2.05, 4.69) is 32.1 Å². The van der Waals surface area contributed by atoms with Gasteiger partial charge in [-0.05, 0) is 70.0 Å². The Kier molecular flexibility index (Phi) is 14.0. The zero-order chi connectivity index (χ0) is 36.4. The number of ether oxygens (including phenoxy) is 2. The second-order valence-corrected chi connectivity index (χ2v) is 14.6. The van der Waals surface area contributed by atoms with E-state index in [0.717, 1.165) is 24.1 Å². The minimum Gasteiger partial charge on any atom is -0.490 e. The van der Waals surface area contributed by atoms with Crippen LogP contribution < -0.4 is 19.0 Å². The molecule has 0 aliphatic rings. The number of nitrogens with one attached hydrogen (secondary N) is 3. The van der Waals surface area contributed by atoms with Gasteiger partial charge in [0.1, 0.15) is 11.6 Å². The highest BCUT2D eigenvalue weighted by Crippen LogP contribution is 2.30. The van der Waals surface area contributed by atoms with Crippen LogP contribution in [0.25, 0.3) is 5.65 Å². The zero-order valence-electron chi connectivity index (χ0n) is 29.4. The average Bonchev–Trinajstić information content (AvgIpc) is 3.62. The molecule has 0 radical (unpaired) electrons. The summed E-state index contributed by atoms with van der Waals surface area (Å²) < 4.78 is 34.4. The Labute approximate surface area is 305 Å². The van der Waals surface area contributed by atoms with Crippen molar-refractivity contribution in [1.82, 2.24) is 25.1 Å². The number of esters is 1. The van der Waals surface area contributed by atoms with Crippen LogP contribution in [0.15, 0.2) is 36.4 Å². The van der Waals surface area contributed by atoms with Crippen LogP contribution in [0.4, 0.5) is 5.69 Å². The molecule has 2 atom stereocenters. The van der Waals surface area contributed by atoms with E-state index in [1.807, 2.05) is 33.8 Å². The van der Waals surface area contributed by atoms with Crippen LogP contribution in [0.5, 0.6) is 11.5 Å². The minimum atomic E-state index is -2.01. The number of H-pyrrole nitrogens is 1. The molecule has 12 nitrogen and oxygen atoms in total. The number of aryl methyl sites for hydroxylation is 2. The maximum Gasteiger partial charge on any atom is 0.316 e. The molecule has 3 N–H and O–H groups in total. The van der Waals surface area contributed by atoms with Gasteiger partial charge >= 0.3 is 17.2 Å². The summed E-state index contributed by atoms with van der Waals surface area (Å²) in [5, 5.41) is 10.8. The number of halogens is 2. The van der Waals surface area contributed by atoms with Crippen LogP contribution in [0.3, 0.4) is 0 Å². The molecule has 0 aliphatic heterocycles. The summed E-state index contributed by atoms with van der Waals surface area (Å²) in [5.74, 6) is -0.370. The Bertz CT molecular complexity index is 1810. The Balaban J connectivity index is 1.27. The number of carbonyl (C=O) groups excluding carboxylic acids is 2. The van der Waals surface area contributed by atoms with Crippen molar-refractivity contribution in [2.24, 2.45) is 5.92 Å². The standard InChI is InChI=1S/C35H46Cl2N6O6S/c1-7-8-9-10-11-12-17-47-28-16-13-22(2)18-29(28)49-50(46)42-25-14-15-27(36)26(19-25)32(44)38-20-23(3)33(45)48-21-35(5,6)34-39-31-30(37)24(4)40-43(31)41-34/h13-16,18-19,23,40,42H,7-12,17,20-21H2,1-6H3,(H,38,44). The predicted molar refractivity (Wildman–Crippen MR) is 196 cm³/mol. The number of hydrogen-bond donors (Lipinski definition) is 3. The lowest BCUT2D eigenvalue weighted by Gasteiger charge is -2.22. The monoisotopic (exact) mass is 748 g/mol. The molecule has 0 saturated heterocycles. The molecule has 4 rings (SSSR count). The van der Waals surface area contributed by atoms with Gasteiger partial charge in [0.05, 0.1) is 39.9 Å². The van der Waals surface area contributed by atoms with E-state index in [4.69, 9.17) is 36.9 Å². The summed E-state index contributed by atoms with van der Waals surface area (Å²) in [5.41, 5.74) is 1.94. The third kappa shape index (κ3) is 10.6. The first kappa shape index (κ1) is 39.0. The van der Waals surface area contributed by atoms with Gasteiger partial charge in [0.2, 0.25) is 0 Å². The second kappa shape index (κ2) is 17.9. The highest BCUT2D eigenvalue weighted by atomic mass is 35.5. The molecule has 0 spiro atoms. The number of benzene rings is 2. The van der Waals surface area contributed by atoms with E-state index in [1.165, 1.54) is 42.4 Å². The van der Waals surface area contributed by atoms with Gasteiger partial charge in [0, 0.05) is 6.54 Å². The van der Waals surface area contributed by atoms with Crippen molar-refractivity contribution >= 4 is 57.7 Å². The van der Waals surface area contributed by atoms with E-state index in [9.17, 15) is 13.8 Å². The van der Waals surface area contributed by atoms with E-state index in [1.54, 1.807) is 25.1 Å². The van der Waals surface area contributed by atoms with Crippen molar-refractivity contribution in [3.8, 4) is 11.5 Å². The highest BCUT2D eigenvalue weighted by Gasteiger charge is 2.30. The molecular weight excluding hydrogens is 703 g/mol. The first-order valence-electron chi connectivity index (χ1n) is 16.7.